The molecule has 1 unspecified atom stereocenters. The molecular formula is C20H26N2O2S. The fraction of sp³-hybridized carbons (Fsp3) is 0.350. The largest absolute Gasteiger partial charge is 0.493 e. The smallest absolute Gasteiger partial charge is 0.166 e. The van der Waals surface area contributed by atoms with Crippen molar-refractivity contribution in [1.82, 2.24) is 10.6 Å². The molecule has 0 spiro atoms. The lowest BCUT2D eigenvalue weighted by atomic mass is 10.1. The first-order valence-electron chi connectivity index (χ1n) is 8.48. The molecule has 2 aromatic carbocycles. The van der Waals surface area contributed by atoms with Crippen molar-refractivity contribution >= 4 is 17.3 Å². The zero-order valence-corrected chi connectivity index (χ0v) is 15.9. The van der Waals surface area contributed by atoms with Crippen LogP contribution in [-0.2, 0) is 6.42 Å². The second-order valence-electron chi connectivity index (χ2n) is 5.71. The number of methoxy groups -OCH3 is 2. The van der Waals surface area contributed by atoms with Gasteiger partial charge in [0.2, 0.25) is 0 Å². The van der Waals surface area contributed by atoms with Gasteiger partial charge in [0.15, 0.2) is 16.6 Å². The van der Waals surface area contributed by atoms with Crippen LogP contribution >= 0.6 is 12.2 Å². The van der Waals surface area contributed by atoms with E-state index in [1.165, 1.54) is 11.1 Å². The third-order valence-electron chi connectivity index (χ3n) is 4.06. The van der Waals surface area contributed by atoms with Gasteiger partial charge in [-0.1, -0.05) is 43.3 Å². The van der Waals surface area contributed by atoms with Crippen LogP contribution in [0.25, 0.3) is 0 Å². The van der Waals surface area contributed by atoms with E-state index in [0.29, 0.717) is 5.11 Å². The molecule has 0 amide bonds. The molecule has 134 valence electrons. The number of hydrogen-bond acceptors (Lipinski definition) is 3. The van der Waals surface area contributed by atoms with Gasteiger partial charge in [0.1, 0.15) is 0 Å². The predicted molar refractivity (Wildman–Crippen MR) is 106 cm³/mol. The van der Waals surface area contributed by atoms with Gasteiger partial charge in [0, 0.05) is 6.54 Å². The van der Waals surface area contributed by atoms with Crippen molar-refractivity contribution in [2.45, 2.75) is 25.8 Å². The Hall–Kier alpha value is -2.27. The molecule has 0 fully saturated rings. The minimum absolute atomic E-state index is 0.224. The number of ether oxygens (including phenoxy) is 2. The molecule has 5 heteroatoms. The van der Waals surface area contributed by atoms with Crippen LogP contribution in [0.3, 0.4) is 0 Å². The Morgan fingerprint density at radius 1 is 1.04 bits per heavy atom. The van der Waals surface area contributed by atoms with Crippen LogP contribution < -0.4 is 20.1 Å². The van der Waals surface area contributed by atoms with Gasteiger partial charge >= 0.3 is 0 Å². The lowest BCUT2D eigenvalue weighted by Gasteiger charge is -2.20. The van der Waals surface area contributed by atoms with Crippen molar-refractivity contribution in [3.8, 4) is 11.5 Å². The van der Waals surface area contributed by atoms with Crippen LogP contribution in [-0.4, -0.2) is 25.9 Å². The SMILES string of the molecule is CCC(NC(=S)NCCc1ccc(OC)c(OC)c1)c1ccccc1. The summed E-state index contributed by atoms with van der Waals surface area (Å²) in [5.41, 5.74) is 2.41. The number of benzene rings is 2. The van der Waals surface area contributed by atoms with Crippen molar-refractivity contribution in [2.75, 3.05) is 20.8 Å². The molecule has 2 N–H and O–H groups in total. The summed E-state index contributed by atoms with van der Waals surface area (Å²) in [6.07, 6.45) is 1.83. The van der Waals surface area contributed by atoms with Crippen LogP contribution in [0, 0.1) is 0 Å². The van der Waals surface area contributed by atoms with Gasteiger partial charge in [-0.25, -0.2) is 0 Å². The van der Waals surface area contributed by atoms with Gasteiger partial charge in [-0.05, 0) is 48.3 Å². The fourth-order valence-corrected chi connectivity index (χ4v) is 2.92. The van der Waals surface area contributed by atoms with Crippen molar-refractivity contribution in [2.24, 2.45) is 0 Å². The Morgan fingerprint density at radius 3 is 2.40 bits per heavy atom. The zero-order chi connectivity index (χ0) is 18.1. The molecule has 0 aliphatic rings. The molecule has 0 bridgehead atoms. The molecule has 4 nitrogen and oxygen atoms in total. The highest BCUT2D eigenvalue weighted by Gasteiger charge is 2.10. The van der Waals surface area contributed by atoms with E-state index in [2.05, 4.69) is 29.7 Å². The first-order chi connectivity index (χ1) is 12.2. The van der Waals surface area contributed by atoms with Gasteiger partial charge in [-0.3, -0.25) is 0 Å². The lowest BCUT2D eigenvalue weighted by Crippen LogP contribution is -2.38. The van der Waals surface area contributed by atoms with Crippen molar-refractivity contribution in [3.63, 3.8) is 0 Å². The van der Waals surface area contributed by atoms with Gasteiger partial charge in [-0.15, -0.1) is 0 Å². The average molecular weight is 359 g/mol. The standard InChI is InChI=1S/C20H26N2O2S/c1-4-17(16-8-6-5-7-9-16)22-20(25)21-13-12-15-10-11-18(23-2)19(14-15)24-3/h5-11,14,17H,4,12-13H2,1-3H3,(H2,21,22,25). The Balaban J connectivity index is 1.84. The van der Waals surface area contributed by atoms with Gasteiger partial charge in [0.05, 0.1) is 20.3 Å². The fourth-order valence-electron chi connectivity index (χ4n) is 2.67. The molecular weight excluding hydrogens is 332 g/mol. The molecule has 0 saturated carbocycles. The molecule has 2 aromatic rings. The highest BCUT2D eigenvalue weighted by molar-refractivity contribution is 7.80. The Morgan fingerprint density at radius 2 is 1.76 bits per heavy atom. The second-order valence-corrected chi connectivity index (χ2v) is 6.12. The maximum absolute atomic E-state index is 5.43. The average Bonchev–Trinajstić information content (AvgIpc) is 2.66. The van der Waals surface area contributed by atoms with E-state index < -0.39 is 0 Å². The molecule has 0 aliphatic carbocycles. The minimum Gasteiger partial charge on any atom is -0.493 e. The molecule has 0 heterocycles. The van der Waals surface area contributed by atoms with Crippen LogP contribution in [0.15, 0.2) is 48.5 Å². The summed E-state index contributed by atoms with van der Waals surface area (Å²) in [6, 6.07) is 16.5. The van der Waals surface area contributed by atoms with E-state index in [1.54, 1.807) is 14.2 Å². The summed E-state index contributed by atoms with van der Waals surface area (Å²) >= 11 is 5.43. The predicted octanol–water partition coefficient (Wildman–Crippen LogP) is 3.86. The first-order valence-corrected chi connectivity index (χ1v) is 8.89. The van der Waals surface area contributed by atoms with Gasteiger partial charge in [0.25, 0.3) is 0 Å². The van der Waals surface area contributed by atoms with Crippen molar-refractivity contribution < 1.29 is 9.47 Å². The number of hydrogen-bond donors (Lipinski definition) is 2. The Bertz CT molecular complexity index is 677. The third-order valence-corrected chi connectivity index (χ3v) is 4.32. The molecule has 1 atom stereocenters. The molecule has 2 rings (SSSR count). The maximum atomic E-state index is 5.43. The van der Waals surface area contributed by atoms with Gasteiger partial charge < -0.3 is 20.1 Å². The van der Waals surface area contributed by atoms with E-state index in [0.717, 1.165) is 30.9 Å². The monoisotopic (exact) mass is 358 g/mol. The molecule has 0 aliphatic heterocycles. The highest BCUT2D eigenvalue weighted by Crippen LogP contribution is 2.27. The van der Waals surface area contributed by atoms with E-state index in [-0.39, 0.29) is 6.04 Å². The van der Waals surface area contributed by atoms with Crippen molar-refractivity contribution in [1.29, 1.82) is 0 Å². The quantitative estimate of drug-likeness (QED) is 0.702. The summed E-state index contributed by atoms with van der Waals surface area (Å²) in [5, 5.41) is 7.34. The summed E-state index contributed by atoms with van der Waals surface area (Å²) < 4.78 is 10.6. The topological polar surface area (TPSA) is 42.5 Å². The molecule has 0 aromatic heterocycles. The van der Waals surface area contributed by atoms with E-state index in [9.17, 15) is 0 Å². The van der Waals surface area contributed by atoms with Crippen LogP contribution in [0.5, 0.6) is 11.5 Å². The molecule has 0 saturated heterocycles. The van der Waals surface area contributed by atoms with E-state index in [1.807, 2.05) is 36.4 Å². The molecule has 0 radical (unpaired) electrons. The number of thiocarbonyl (C=S) groups is 1. The minimum atomic E-state index is 0.224. The van der Waals surface area contributed by atoms with Gasteiger partial charge in [-0.2, -0.15) is 0 Å². The first kappa shape index (κ1) is 19.1. The van der Waals surface area contributed by atoms with E-state index >= 15 is 0 Å². The summed E-state index contributed by atoms with van der Waals surface area (Å²) in [6.45, 7) is 2.91. The van der Waals surface area contributed by atoms with Crippen molar-refractivity contribution in [3.05, 3.63) is 59.7 Å². The number of rotatable bonds is 8. The Labute approximate surface area is 155 Å². The number of nitrogens with one attached hydrogen (secondary N) is 2. The maximum Gasteiger partial charge on any atom is 0.166 e. The van der Waals surface area contributed by atoms with Crippen LogP contribution in [0.2, 0.25) is 0 Å². The van der Waals surface area contributed by atoms with Crippen LogP contribution in [0.1, 0.15) is 30.5 Å². The molecule has 25 heavy (non-hydrogen) atoms. The summed E-state index contributed by atoms with van der Waals surface area (Å²) in [4.78, 5) is 0. The Kier molecular flexibility index (Phi) is 7.54. The normalized spacial score (nSPS) is 11.5. The zero-order valence-electron chi connectivity index (χ0n) is 15.0. The highest BCUT2D eigenvalue weighted by atomic mass is 32.1. The van der Waals surface area contributed by atoms with E-state index in [4.69, 9.17) is 21.7 Å². The summed E-state index contributed by atoms with van der Waals surface area (Å²) in [7, 11) is 3.29. The lowest BCUT2D eigenvalue weighted by molar-refractivity contribution is 0.354. The third kappa shape index (κ3) is 5.64. The second kappa shape index (κ2) is 9.89. The van der Waals surface area contributed by atoms with Crippen LogP contribution in [0.4, 0.5) is 0 Å². The summed E-state index contributed by atoms with van der Waals surface area (Å²) in [5.74, 6) is 1.49.